The van der Waals surface area contributed by atoms with Crippen molar-refractivity contribution in [2.24, 2.45) is 0 Å². The van der Waals surface area contributed by atoms with Gasteiger partial charge in [-0.05, 0) is 42.5 Å². The average Bonchev–Trinajstić information content (AvgIpc) is 2.25. The Kier molecular flexibility index (Phi) is 5.63. The molecule has 0 bridgehead atoms. The summed E-state index contributed by atoms with van der Waals surface area (Å²) in [5, 5.41) is 10.1. The van der Waals surface area contributed by atoms with Gasteiger partial charge in [0.25, 0.3) is 0 Å². The van der Waals surface area contributed by atoms with Crippen LogP contribution in [-0.2, 0) is 0 Å². The van der Waals surface area contributed by atoms with Gasteiger partial charge in [-0.1, -0.05) is 23.2 Å². The van der Waals surface area contributed by atoms with Crippen LogP contribution in [0.2, 0.25) is 10.0 Å². The minimum Gasteiger partial charge on any atom is -1.00 e. The predicted molar refractivity (Wildman–Crippen MR) is 65.8 cm³/mol. The van der Waals surface area contributed by atoms with Gasteiger partial charge >= 0.3 is 29.6 Å². The van der Waals surface area contributed by atoms with E-state index < -0.39 is 0 Å². The van der Waals surface area contributed by atoms with Crippen molar-refractivity contribution < 1.29 is 40.8 Å². The van der Waals surface area contributed by atoms with Crippen molar-refractivity contribution in [3.63, 3.8) is 0 Å². The van der Waals surface area contributed by atoms with Gasteiger partial charge in [-0.3, -0.25) is 0 Å². The van der Waals surface area contributed by atoms with E-state index in [0.29, 0.717) is 21.5 Å². The summed E-state index contributed by atoms with van der Waals surface area (Å²) >= 11 is 11.7. The number of halogens is 2. The van der Waals surface area contributed by atoms with E-state index in [1.165, 1.54) is 0 Å². The number of ether oxygens (including phenoxy) is 1. The molecule has 0 atom stereocenters. The van der Waals surface area contributed by atoms with E-state index in [9.17, 15) is 0 Å². The monoisotopic (exact) mass is 278 g/mol. The fraction of sp³-hybridized carbons (Fsp3) is 0. The number of aromatic hydroxyl groups is 1. The maximum Gasteiger partial charge on any atom is 1.00 e. The summed E-state index contributed by atoms with van der Waals surface area (Å²) in [6.07, 6.45) is 0. The fourth-order valence-corrected chi connectivity index (χ4v) is 1.65. The Hall–Kier alpha value is -0.380. The van der Waals surface area contributed by atoms with Crippen molar-refractivity contribution in [2.75, 3.05) is 0 Å². The van der Waals surface area contributed by atoms with Crippen molar-refractivity contribution in [2.45, 2.75) is 0 Å². The SMILES string of the molecule is Oc1ccc(Oc2ccc(Cl)cc2Cl)cc1.[H-].[Na+]. The summed E-state index contributed by atoms with van der Waals surface area (Å²) in [7, 11) is 0. The molecule has 0 unspecified atom stereocenters. The molecule has 2 rings (SSSR count). The number of phenols is 1. The molecule has 0 amide bonds. The Morgan fingerprint density at radius 3 is 2.24 bits per heavy atom. The topological polar surface area (TPSA) is 29.5 Å². The molecule has 5 heteroatoms. The molecule has 0 saturated heterocycles. The van der Waals surface area contributed by atoms with E-state index in [1.807, 2.05) is 0 Å². The molecule has 0 aromatic heterocycles. The van der Waals surface area contributed by atoms with Gasteiger partial charge < -0.3 is 11.3 Å². The van der Waals surface area contributed by atoms with Gasteiger partial charge in [-0.25, -0.2) is 0 Å². The largest absolute Gasteiger partial charge is 1.00 e. The summed E-state index contributed by atoms with van der Waals surface area (Å²) < 4.78 is 5.52. The molecule has 0 aliphatic rings. The van der Waals surface area contributed by atoms with E-state index in [-0.39, 0.29) is 36.7 Å². The number of hydrogen-bond donors (Lipinski definition) is 1. The van der Waals surface area contributed by atoms with Gasteiger partial charge in [-0.2, -0.15) is 0 Å². The van der Waals surface area contributed by atoms with Gasteiger partial charge in [0.15, 0.2) is 0 Å². The van der Waals surface area contributed by atoms with Crippen molar-refractivity contribution in [1.82, 2.24) is 0 Å². The third-order valence-corrected chi connectivity index (χ3v) is 2.49. The molecule has 0 heterocycles. The Labute approximate surface area is 133 Å². The first kappa shape index (κ1) is 14.7. The minimum atomic E-state index is 0. The van der Waals surface area contributed by atoms with Crippen LogP contribution in [0.5, 0.6) is 17.2 Å². The number of phenolic OH excluding ortho intramolecular Hbond substituents is 1. The molecule has 1 N–H and O–H groups in total. The van der Waals surface area contributed by atoms with Gasteiger partial charge in [0.1, 0.15) is 17.2 Å². The van der Waals surface area contributed by atoms with E-state index in [2.05, 4.69) is 0 Å². The summed E-state index contributed by atoms with van der Waals surface area (Å²) in [5.41, 5.74) is 0. The Bertz CT molecular complexity index is 506. The third-order valence-electron chi connectivity index (χ3n) is 1.96. The van der Waals surface area contributed by atoms with Gasteiger partial charge in [0, 0.05) is 5.02 Å². The van der Waals surface area contributed by atoms with E-state index in [4.69, 9.17) is 33.0 Å². The van der Waals surface area contributed by atoms with Gasteiger partial charge in [-0.15, -0.1) is 0 Å². The van der Waals surface area contributed by atoms with Crippen LogP contribution in [0.3, 0.4) is 0 Å². The van der Waals surface area contributed by atoms with Crippen molar-refractivity contribution in [1.29, 1.82) is 0 Å². The number of rotatable bonds is 2. The van der Waals surface area contributed by atoms with Crippen molar-refractivity contribution in [3.8, 4) is 17.2 Å². The third kappa shape index (κ3) is 4.09. The molecule has 0 saturated carbocycles. The Morgan fingerprint density at radius 1 is 1.00 bits per heavy atom. The first-order valence-corrected chi connectivity index (χ1v) is 5.33. The molecule has 84 valence electrons. The molecular weight excluding hydrogens is 270 g/mol. The molecule has 0 aliphatic carbocycles. The van der Waals surface area contributed by atoms with Crippen LogP contribution in [0, 0.1) is 0 Å². The minimum absolute atomic E-state index is 0. The van der Waals surface area contributed by atoms with Gasteiger partial charge in [0.05, 0.1) is 5.02 Å². The molecule has 2 nitrogen and oxygen atoms in total. The van der Waals surface area contributed by atoms with Crippen LogP contribution in [0.25, 0.3) is 0 Å². The van der Waals surface area contributed by atoms with Crippen LogP contribution in [0.15, 0.2) is 42.5 Å². The van der Waals surface area contributed by atoms with Crippen molar-refractivity contribution in [3.05, 3.63) is 52.5 Å². The zero-order valence-corrected chi connectivity index (χ0v) is 12.7. The average molecular weight is 279 g/mol. The fourth-order valence-electron chi connectivity index (χ4n) is 1.20. The summed E-state index contributed by atoms with van der Waals surface area (Å²) in [6.45, 7) is 0. The van der Waals surface area contributed by atoms with Crippen LogP contribution in [0.4, 0.5) is 0 Å². The van der Waals surface area contributed by atoms with Crippen LogP contribution in [-0.4, -0.2) is 5.11 Å². The predicted octanol–water partition coefficient (Wildman–Crippen LogP) is 1.61. The Morgan fingerprint density at radius 2 is 1.65 bits per heavy atom. The van der Waals surface area contributed by atoms with E-state index in [0.717, 1.165) is 0 Å². The number of hydrogen-bond acceptors (Lipinski definition) is 2. The molecule has 0 aliphatic heterocycles. The molecule has 0 radical (unpaired) electrons. The smallest absolute Gasteiger partial charge is 1.00 e. The van der Waals surface area contributed by atoms with Crippen LogP contribution in [0.1, 0.15) is 1.43 Å². The molecule has 0 fully saturated rings. The molecule has 2 aromatic carbocycles. The Balaban J connectivity index is 0.00000144. The molecule has 2 aromatic rings. The summed E-state index contributed by atoms with van der Waals surface area (Å²) in [5.74, 6) is 1.31. The van der Waals surface area contributed by atoms with Crippen LogP contribution >= 0.6 is 23.2 Å². The zero-order chi connectivity index (χ0) is 11.5. The second-order valence-corrected chi connectivity index (χ2v) is 4.01. The quantitative estimate of drug-likeness (QED) is 0.846. The van der Waals surface area contributed by atoms with Crippen molar-refractivity contribution >= 4 is 23.2 Å². The number of benzene rings is 2. The summed E-state index contributed by atoms with van der Waals surface area (Å²) in [4.78, 5) is 0. The molecular formula is C12H9Cl2NaO2. The molecule has 0 spiro atoms. The maximum atomic E-state index is 9.11. The second-order valence-electron chi connectivity index (χ2n) is 3.17. The first-order valence-electron chi connectivity index (χ1n) is 4.57. The van der Waals surface area contributed by atoms with Gasteiger partial charge in [0.2, 0.25) is 0 Å². The standard InChI is InChI=1S/C12H8Cl2O2.Na.H/c13-8-1-6-12(11(14)7-8)16-10-4-2-9(15)3-5-10;;/h1-7,15H;;/q;+1;-1. The van der Waals surface area contributed by atoms with E-state index >= 15 is 0 Å². The normalized spacial score (nSPS) is 9.53. The van der Waals surface area contributed by atoms with Crippen LogP contribution < -0.4 is 34.3 Å². The van der Waals surface area contributed by atoms with E-state index in [1.54, 1.807) is 42.5 Å². The molecule has 17 heavy (non-hydrogen) atoms. The first-order chi connectivity index (χ1) is 7.65. The maximum absolute atomic E-state index is 9.11. The second kappa shape index (κ2) is 6.53. The summed E-state index contributed by atoms with van der Waals surface area (Å²) in [6, 6.07) is 11.4. The zero-order valence-electron chi connectivity index (χ0n) is 10.2.